The van der Waals surface area contributed by atoms with Crippen LogP contribution >= 0.6 is 0 Å². The number of likely N-dealkylation sites (N-methyl/N-ethyl adjacent to an activating group) is 1. The van der Waals surface area contributed by atoms with Gasteiger partial charge in [-0.15, -0.1) is 0 Å². The maximum Gasteiger partial charge on any atom is 0.254 e. The van der Waals surface area contributed by atoms with Crippen molar-refractivity contribution in [3.05, 3.63) is 88.5 Å². The zero-order valence-electron chi connectivity index (χ0n) is 25.0. The molecule has 44 heavy (non-hydrogen) atoms. The number of nitrogens with one attached hydrogen (secondary N) is 1. The van der Waals surface area contributed by atoms with E-state index in [0.29, 0.717) is 62.0 Å². The van der Waals surface area contributed by atoms with E-state index in [1.54, 1.807) is 19.1 Å². The fourth-order valence-corrected chi connectivity index (χ4v) is 5.99. The molecule has 0 saturated carbocycles. The fourth-order valence-electron chi connectivity index (χ4n) is 5.99. The van der Waals surface area contributed by atoms with Gasteiger partial charge in [0.2, 0.25) is 11.8 Å². The van der Waals surface area contributed by atoms with Gasteiger partial charge in [0.1, 0.15) is 5.75 Å². The highest BCUT2D eigenvalue weighted by atomic mass is 16.5. The number of hydrogen-bond donors (Lipinski definition) is 1. The van der Waals surface area contributed by atoms with Gasteiger partial charge >= 0.3 is 0 Å². The number of benzene rings is 3. The predicted molar refractivity (Wildman–Crippen MR) is 161 cm³/mol. The van der Waals surface area contributed by atoms with Crippen molar-refractivity contribution >= 4 is 17.7 Å². The van der Waals surface area contributed by atoms with Crippen molar-refractivity contribution in [2.75, 3.05) is 33.8 Å². The van der Waals surface area contributed by atoms with Crippen molar-refractivity contribution in [2.24, 2.45) is 0 Å². The Bertz CT molecular complexity index is 1560. The molecule has 0 unspecified atom stereocenters. The van der Waals surface area contributed by atoms with Crippen molar-refractivity contribution < 1.29 is 33.3 Å². The molecule has 0 radical (unpaired) electrons. The number of nitrogens with zero attached hydrogens (tertiary/aromatic N) is 2. The van der Waals surface area contributed by atoms with Crippen LogP contribution in [0.15, 0.2) is 60.7 Å². The quantitative estimate of drug-likeness (QED) is 0.477. The molecule has 4 heterocycles. The van der Waals surface area contributed by atoms with Gasteiger partial charge in [-0.2, -0.15) is 0 Å². The van der Waals surface area contributed by atoms with Crippen LogP contribution in [0.4, 0.5) is 0 Å². The molecule has 1 fully saturated rings. The van der Waals surface area contributed by atoms with E-state index in [1.165, 1.54) is 4.90 Å². The van der Waals surface area contributed by atoms with Gasteiger partial charge in [0, 0.05) is 32.1 Å². The standard InChI is InChI=1S/C34H37N3O7/c1-36-18-32(38)35-28-13-14-37(34(40)26-8-4-6-24-20-42-21-27(24)26)17-31(28)43-19-23-5-3-7-25(15-23)44-29-11-9-22(10-12-33(36)39)16-30(29)41-2/h3-9,11,15-16,28,31H,10,12-14,17-21H2,1-2H3,(H,35,38)/t28-,31-/m0/s1. The SMILES string of the molecule is COc1cc2ccc1Oc1cccc(c1)CO[C@H]1CN(C(=O)c3cccc4c3COC4)CC[C@@H]1NC(=O)CN(C)C(=O)CC2. The third kappa shape index (κ3) is 6.56. The summed E-state index contributed by atoms with van der Waals surface area (Å²) in [5.74, 6) is 1.27. The number of methoxy groups -OCH3 is 1. The van der Waals surface area contributed by atoms with E-state index < -0.39 is 6.10 Å². The molecule has 4 aliphatic heterocycles. The van der Waals surface area contributed by atoms with Crippen molar-refractivity contribution in [3.8, 4) is 17.2 Å². The van der Waals surface area contributed by atoms with Gasteiger partial charge in [-0.25, -0.2) is 0 Å². The van der Waals surface area contributed by atoms with E-state index in [9.17, 15) is 14.4 Å². The summed E-state index contributed by atoms with van der Waals surface area (Å²) < 4.78 is 23.8. The number of rotatable bonds is 2. The van der Waals surface area contributed by atoms with Crippen LogP contribution in [0.5, 0.6) is 17.2 Å². The number of piperidine rings is 1. The largest absolute Gasteiger partial charge is 0.493 e. The fraction of sp³-hybridized carbons (Fsp3) is 0.382. The van der Waals surface area contributed by atoms with Crippen LogP contribution in [-0.2, 0) is 45.3 Å². The highest BCUT2D eigenvalue weighted by Crippen LogP contribution is 2.33. The number of ether oxygens (including phenoxy) is 4. The van der Waals surface area contributed by atoms with Crippen LogP contribution in [0, 0.1) is 0 Å². The number of carbonyl (C=O) groups excluding carboxylic acids is 3. The Kier molecular flexibility index (Phi) is 8.81. The summed E-state index contributed by atoms with van der Waals surface area (Å²) in [5.41, 5.74) is 4.43. The number of aryl methyl sites for hydroxylation is 1. The molecule has 2 atom stereocenters. The molecule has 10 heteroatoms. The van der Waals surface area contributed by atoms with E-state index in [1.807, 2.05) is 60.7 Å². The molecule has 3 aromatic rings. The molecule has 3 amide bonds. The Morgan fingerprint density at radius 3 is 2.70 bits per heavy atom. The van der Waals surface area contributed by atoms with Crippen molar-refractivity contribution in [2.45, 2.75) is 51.2 Å². The van der Waals surface area contributed by atoms with Crippen LogP contribution in [0.2, 0.25) is 0 Å². The summed E-state index contributed by atoms with van der Waals surface area (Å²) in [6, 6.07) is 18.6. The molecule has 1 saturated heterocycles. The smallest absolute Gasteiger partial charge is 0.254 e. The Hall–Kier alpha value is -4.41. The van der Waals surface area contributed by atoms with Crippen molar-refractivity contribution in [1.82, 2.24) is 15.1 Å². The molecular weight excluding hydrogens is 562 g/mol. The summed E-state index contributed by atoms with van der Waals surface area (Å²) in [5, 5.41) is 3.09. The molecule has 0 aliphatic carbocycles. The lowest BCUT2D eigenvalue weighted by atomic mass is 9.98. The minimum atomic E-state index is -0.468. The van der Waals surface area contributed by atoms with Gasteiger partial charge in [-0.3, -0.25) is 14.4 Å². The third-order valence-electron chi connectivity index (χ3n) is 8.45. The first-order valence-electron chi connectivity index (χ1n) is 14.9. The molecule has 4 aliphatic rings. The maximum absolute atomic E-state index is 13.7. The first kappa shape index (κ1) is 29.7. The molecule has 4 bridgehead atoms. The highest BCUT2D eigenvalue weighted by molar-refractivity contribution is 5.96. The van der Waals surface area contributed by atoms with Crippen LogP contribution in [0.25, 0.3) is 0 Å². The Morgan fingerprint density at radius 1 is 0.977 bits per heavy atom. The number of amides is 3. The van der Waals surface area contributed by atoms with Crippen LogP contribution in [-0.4, -0.2) is 73.5 Å². The normalized spacial score (nSPS) is 20.9. The third-order valence-corrected chi connectivity index (χ3v) is 8.45. The van der Waals surface area contributed by atoms with Crippen LogP contribution < -0.4 is 14.8 Å². The summed E-state index contributed by atoms with van der Waals surface area (Å²) in [4.78, 5) is 43.0. The average Bonchev–Trinajstić information content (AvgIpc) is 3.52. The topological polar surface area (TPSA) is 107 Å². The second-order valence-corrected chi connectivity index (χ2v) is 11.5. The molecular formula is C34H37N3O7. The molecule has 1 N–H and O–H groups in total. The maximum atomic E-state index is 13.7. The minimum Gasteiger partial charge on any atom is -0.493 e. The van der Waals surface area contributed by atoms with Gasteiger partial charge < -0.3 is 34.1 Å². The molecule has 7 rings (SSSR count). The lowest BCUT2D eigenvalue weighted by molar-refractivity contribution is -0.135. The van der Waals surface area contributed by atoms with Gasteiger partial charge in [0.25, 0.3) is 5.91 Å². The van der Waals surface area contributed by atoms with Gasteiger partial charge in [-0.05, 0) is 65.4 Å². The van der Waals surface area contributed by atoms with Crippen molar-refractivity contribution in [3.63, 3.8) is 0 Å². The zero-order chi connectivity index (χ0) is 30.6. The average molecular weight is 600 g/mol. The Labute approximate surface area is 256 Å². The van der Waals surface area contributed by atoms with E-state index >= 15 is 0 Å². The molecule has 3 aromatic carbocycles. The second kappa shape index (κ2) is 13.1. The van der Waals surface area contributed by atoms with Crippen LogP contribution in [0.3, 0.4) is 0 Å². The lowest BCUT2D eigenvalue weighted by Crippen LogP contribution is -2.57. The Morgan fingerprint density at radius 2 is 1.84 bits per heavy atom. The first-order valence-corrected chi connectivity index (χ1v) is 14.9. The zero-order valence-corrected chi connectivity index (χ0v) is 25.0. The van der Waals surface area contributed by atoms with E-state index in [2.05, 4.69) is 5.32 Å². The van der Waals surface area contributed by atoms with Gasteiger partial charge in [0.05, 0.1) is 45.6 Å². The summed E-state index contributed by atoms with van der Waals surface area (Å²) in [6.07, 6.45) is 0.790. The number of hydrogen-bond acceptors (Lipinski definition) is 7. The van der Waals surface area contributed by atoms with E-state index in [0.717, 1.165) is 22.3 Å². The highest BCUT2D eigenvalue weighted by Gasteiger charge is 2.35. The van der Waals surface area contributed by atoms with Gasteiger partial charge in [0.15, 0.2) is 11.5 Å². The first-order chi connectivity index (χ1) is 21.4. The van der Waals surface area contributed by atoms with E-state index in [-0.39, 0.29) is 43.3 Å². The number of fused-ring (bicyclic) bond motifs is 10. The van der Waals surface area contributed by atoms with Crippen LogP contribution in [0.1, 0.15) is 45.5 Å². The predicted octanol–water partition coefficient (Wildman–Crippen LogP) is 3.84. The monoisotopic (exact) mass is 599 g/mol. The summed E-state index contributed by atoms with van der Waals surface area (Å²) >= 11 is 0. The number of likely N-dealkylation sites (tertiary alicyclic amines) is 1. The molecule has 0 spiro atoms. The second-order valence-electron chi connectivity index (χ2n) is 11.5. The van der Waals surface area contributed by atoms with E-state index in [4.69, 9.17) is 18.9 Å². The number of carbonyl (C=O) groups is 3. The summed E-state index contributed by atoms with van der Waals surface area (Å²) in [7, 11) is 3.21. The molecule has 0 aromatic heterocycles. The molecule has 10 nitrogen and oxygen atoms in total. The van der Waals surface area contributed by atoms with Gasteiger partial charge in [-0.1, -0.05) is 30.3 Å². The Balaban J connectivity index is 1.25. The lowest BCUT2D eigenvalue weighted by Gasteiger charge is -2.39. The minimum absolute atomic E-state index is 0.0704. The summed E-state index contributed by atoms with van der Waals surface area (Å²) in [6.45, 7) is 1.88. The molecule has 230 valence electrons. The van der Waals surface area contributed by atoms with Crippen molar-refractivity contribution in [1.29, 1.82) is 0 Å².